The molecule has 0 aliphatic carbocycles. The topological polar surface area (TPSA) is 57.4 Å². The van der Waals surface area contributed by atoms with Crippen molar-refractivity contribution in [1.29, 1.82) is 0 Å². The van der Waals surface area contributed by atoms with Gasteiger partial charge in [-0.25, -0.2) is 4.98 Å². The number of ether oxygens (including phenoxy) is 2. The maximum Gasteiger partial charge on any atom is 0.127 e. The number of thiazole rings is 1. The highest BCUT2D eigenvalue weighted by Gasteiger charge is 2.14. The summed E-state index contributed by atoms with van der Waals surface area (Å²) in [4.78, 5) is 5.50. The van der Waals surface area contributed by atoms with Crippen LogP contribution in [0.3, 0.4) is 0 Å². The number of rotatable bonds is 6. The van der Waals surface area contributed by atoms with Crippen LogP contribution in [0.4, 0.5) is 0 Å². The van der Waals surface area contributed by atoms with Gasteiger partial charge in [-0.3, -0.25) is 0 Å². The molecule has 1 aromatic heterocycles. The smallest absolute Gasteiger partial charge is 0.127 e. The van der Waals surface area contributed by atoms with Gasteiger partial charge < -0.3 is 15.2 Å². The SMILES string of the molecule is COc1cccc(OCCc2scnc2C)c1C(C)N. The Hall–Kier alpha value is -1.59. The zero-order valence-electron chi connectivity index (χ0n) is 12.1. The minimum atomic E-state index is -0.133. The summed E-state index contributed by atoms with van der Waals surface area (Å²) in [5.74, 6) is 1.56. The largest absolute Gasteiger partial charge is 0.496 e. The minimum absolute atomic E-state index is 0.133. The second-order valence-electron chi connectivity index (χ2n) is 4.62. The van der Waals surface area contributed by atoms with Crippen molar-refractivity contribution in [1.82, 2.24) is 4.98 Å². The van der Waals surface area contributed by atoms with Crippen molar-refractivity contribution in [3.8, 4) is 11.5 Å². The van der Waals surface area contributed by atoms with E-state index < -0.39 is 0 Å². The summed E-state index contributed by atoms with van der Waals surface area (Å²) in [5.41, 5.74) is 9.87. The Morgan fingerprint density at radius 1 is 1.35 bits per heavy atom. The molecule has 0 bridgehead atoms. The summed E-state index contributed by atoms with van der Waals surface area (Å²) in [5, 5.41) is 0. The lowest BCUT2D eigenvalue weighted by molar-refractivity contribution is 0.313. The summed E-state index contributed by atoms with van der Waals surface area (Å²) >= 11 is 1.66. The molecule has 0 radical (unpaired) electrons. The zero-order chi connectivity index (χ0) is 14.5. The van der Waals surface area contributed by atoms with E-state index in [0.29, 0.717) is 6.61 Å². The highest BCUT2D eigenvalue weighted by Crippen LogP contribution is 2.33. The van der Waals surface area contributed by atoms with E-state index in [0.717, 1.165) is 29.2 Å². The summed E-state index contributed by atoms with van der Waals surface area (Å²) in [6.07, 6.45) is 0.853. The Bertz CT molecular complexity index is 567. The number of aryl methyl sites for hydroxylation is 1. The fourth-order valence-corrected chi connectivity index (χ4v) is 2.86. The van der Waals surface area contributed by atoms with Gasteiger partial charge in [-0.05, 0) is 26.0 Å². The normalized spacial score (nSPS) is 12.2. The molecular weight excluding hydrogens is 272 g/mol. The molecule has 1 aromatic carbocycles. The van der Waals surface area contributed by atoms with Gasteiger partial charge in [0.15, 0.2) is 0 Å². The Morgan fingerprint density at radius 3 is 2.70 bits per heavy atom. The molecule has 108 valence electrons. The standard InChI is InChI=1S/C15H20N2O2S/c1-10(16)15-12(18-3)5-4-6-13(15)19-8-7-14-11(2)17-9-20-14/h4-6,9-10H,7-8,16H2,1-3H3. The average Bonchev–Trinajstić information content (AvgIpc) is 2.84. The first-order valence-corrected chi connectivity index (χ1v) is 7.45. The highest BCUT2D eigenvalue weighted by molar-refractivity contribution is 7.09. The quantitative estimate of drug-likeness (QED) is 0.889. The summed E-state index contributed by atoms with van der Waals surface area (Å²) in [7, 11) is 1.64. The predicted molar refractivity (Wildman–Crippen MR) is 81.6 cm³/mol. The Balaban J connectivity index is 2.07. The highest BCUT2D eigenvalue weighted by atomic mass is 32.1. The third-order valence-corrected chi connectivity index (χ3v) is 4.13. The van der Waals surface area contributed by atoms with Gasteiger partial charge in [0.05, 0.1) is 30.5 Å². The molecule has 2 N–H and O–H groups in total. The van der Waals surface area contributed by atoms with Crippen LogP contribution in [-0.2, 0) is 6.42 Å². The maximum atomic E-state index is 6.01. The molecular formula is C15H20N2O2S. The van der Waals surface area contributed by atoms with Crippen LogP contribution in [0.15, 0.2) is 23.7 Å². The first-order valence-electron chi connectivity index (χ1n) is 6.57. The van der Waals surface area contributed by atoms with E-state index >= 15 is 0 Å². The number of hydrogen-bond acceptors (Lipinski definition) is 5. The number of nitrogens with two attached hydrogens (primary N) is 1. The average molecular weight is 292 g/mol. The van der Waals surface area contributed by atoms with Crippen molar-refractivity contribution in [3.05, 3.63) is 39.8 Å². The molecule has 1 unspecified atom stereocenters. The van der Waals surface area contributed by atoms with Crippen molar-refractivity contribution in [2.45, 2.75) is 26.3 Å². The van der Waals surface area contributed by atoms with Crippen molar-refractivity contribution in [2.24, 2.45) is 5.73 Å². The van der Waals surface area contributed by atoms with Gasteiger partial charge >= 0.3 is 0 Å². The molecule has 2 rings (SSSR count). The monoisotopic (exact) mass is 292 g/mol. The fourth-order valence-electron chi connectivity index (χ4n) is 2.10. The number of methoxy groups -OCH3 is 1. The van der Waals surface area contributed by atoms with Gasteiger partial charge in [0, 0.05) is 17.3 Å². The second-order valence-corrected chi connectivity index (χ2v) is 5.56. The number of benzene rings is 1. The zero-order valence-corrected chi connectivity index (χ0v) is 12.9. The van der Waals surface area contributed by atoms with Gasteiger partial charge in [0.1, 0.15) is 11.5 Å². The Kier molecular flexibility index (Phi) is 4.98. The van der Waals surface area contributed by atoms with Crippen LogP contribution >= 0.6 is 11.3 Å². The molecule has 0 aliphatic heterocycles. The van der Waals surface area contributed by atoms with Crippen molar-refractivity contribution < 1.29 is 9.47 Å². The maximum absolute atomic E-state index is 6.01. The van der Waals surface area contributed by atoms with E-state index in [4.69, 9.17) is 15.2 Å². The molecule has 4 nitrogen and oxygen atoms in total. The van der Waals surface area contributed by atoms with Gasteiger partial charge in [-0.2, -0.15) is 0 Å². The Morgan fingerprint density at radius 2 is 2.10 bits per heavy atom. The molecule has 1 atom stereocenters. The second kappa shape index (κ2) is 6.72. The van der Waals surface area contributed by atoms with Crippen LogP contribution in [0.5, 0.6) is 11.5 Å². The van der Waals surface area contributed by atoms with E-state index in [1.54, 1.807) is 18.4 Å². The molecule has 1 heterocycles. The molecule has 0 saturated heterocycles. The van der Waals surface area contributed by atoms with E-state index in [1.807, 2.05) is 37.6 Å². The third-order valence-electron chi connectivity index (χ3n) is 3.13. The molecule has 0 saturated carbocycles. The first kappa shape index (κ1) is 14.8. The fraction of sp³-hybridized carbons (Fsp3) is 0.400. The molecule has 5 heteroatoms. The van der Waals surface area contributed by atoms with Crippen LogP contribution < -0.4 is 15.2 Å². The lowest BCUT2D eigenvalue weighted by atomic mass is 10.1. The van der Waals surface area contributed by atoms with Crippen LogP contribution in [-0.4, -0.2) is 18.7 Å². The summed E-state index contributed by atoms with van der Waals surface area (Å²) in [6.45, 7) is 4.55. The van der Waals surface area contributed by atoms with Crippen LogP contribution in [0.1, 0.15) is 29.1 Å². The summed E-state index contributed by atoms with van der Waals surface area (Å²) in [6, 6.07) is 5.61. The van der Waals surface area contributed by atoms with Gasteiger partial charge in [-0.1, -0.05) is 6.07 Å². The molecule has 0 aliphatic rings. The van der Waals surface area contributed by atoms with E-state index in [9.17, 15) is 0 Å². The van der Waals surface area contributed by atoms with E-state index in [1.165, 1.54) is 4.88 Å². The van der Waals surface area contributed by atoms with Crippen LogP contribution in [0, 0.1) is 6.92 Å². The van der Waals surface area contributed by atoms with E-state index in [-0.39, 0.29) is 6.04 Å². The third kappa shape index (κ3) is 3.29. The number of hydrogen-bond donors (Lipinski definition) is 1. The molecule has 0 spiro atoms. The van der Waals surface area contributed by atoms with Crippen LogP contribution in [0.2, 0.25) is 0 Å². The minimum Gasteiger partial charge on any atom is -0.496 e. The summed E-state index contributed by atoms with van der Waals surface area (Å²) < 4.78 is 11.2. The Labute approximate surface area is 123 Å². The van der Waals surface area contributed by atoms with Crippen molar-refractivity contribution in [2.75, 3.05) is 13.7 Å². The lowest BCUT2D eigenvalue weighted by Gasteiger charge is -2.17. The van der Waals surface area contributed by atoms with Crippen molar-refractivity contribution in [3.63, 3.8) is 0 Å². The van der Waals surface area contributed by atoms with Crippen LogP contribution in [0.25, 0.3) is 0 Å². The number of nitrogens with zero attached hydrogens (tertiary/aromatic N) is 1. The lowest BCUT2D eigenvalue weighted by Crippen LogP contribution is -2.11. The molecule has 0 fully saturated rings. The molecule has 2 aromatic rings. The van der Waals surface area contributed by atoms with Crippen molar-refractivity contribution >= 4 is 11.3 Å². The molecule has 20 heavy (non-hydrogen) atoms. The van der Waals surface area contributed by atoms with Gasteiger partial charge in [0.25, 0.3) is 0 Å². The molecule has 0 amide bonds. The van der Waals surface area contributed by atoms with E-state index in [2.05, 4.69) is 4.98 Å². The van der Waals surface area contributed by atoms with Gasteiger partial charge in [0.2, 0.25) is 0 Å². The van der Waals surface area contributed by atoms with Gasteiger partial charge in [-0.15, -0.1) is 11.3 Å². The predicted octanol–water partition coefficient (Wildman–Crippen LogP) is 3.10. The number of aromatic nitrogens is 1. The first-order chi connectivity index (χ1) is 9.63.